The van der Waals surface area contributed by atoms with Crippen LogP contribution in [0, 0.1) is 6.57 Å². The topological polar surface area (TPSA) is 17.5 Å². The van der Waals surface area contributed by atoms with Gasteiger partial charge in [0.1, 0.15) is 11.2 Å². The van der Waals surface area contributed by atoms with Crippen LogP contribution in [0.15, 0.2) is 40.8 Å². The van der Waals surface area contributed by atoms with Crippen molar-refractivity contribution in [1.82, 2.24) is 0 Å². The summed E-state index contributed by atoms with van der Waals surface area (Å²) in [6.45, 7) is 6.95. The summed E-state index contributed by atoms with van der Waals surface area (Å²) in [5.74, 6) is 0. The molecule has 2 nitrogen and oxygen atoms in total. The second-order valence-electron chi connectivity index (χ2n) is 3.53. The molecule has 0 fully saturated rings. The highest BCUT2D eigenvalue weighted by Crippen LogP contribution is 2.32. The van der Waals surface area contributed by atoms with E-state index >= 15 is 0 Å². The van der Waals surface area contributed by atoms with Gasteiger partial charge in [-0.15, -0.1) is 0 Å². The van der Waals surface area contributed by atoms with Crippen molar-refractivity contribution in [3.8, 4) is 0 Å². The van der Waals surface area contributed by atoms with E-state index in [1.807, 2.05) is 18.2 Å². The molecular formula is C13H6ClNO. The van der Waals surface area contributed by atoms with E-state index in [2.05, 4.69) is 4.85 Å². The van der Waals surface area contributed by atoms with Gasteiger partial charge in [-0.05, 0) is 18.2 Å². The van der Waals surface area contributed by atoms with Gasteiger partial charge < -0.3 is 4.42 Å². The molecule has 0 unspecified atom stereocenters. The molecule has 0 aliphatic heterocycles. The van der Waals surface area contributed by atoms with Crippen LogP contribution >= 0.6 is 11.6 Å². The van der Waals surface area contributed by atoms with E-state index < -0.39 is 0 Å². The lowest BCUT2D eigenvalue weighted by atomic mass is 10.1. The number of hydrogen-bond acceptors (Lipinski definition) is 1. The van der Waals surface area contributed by atoms with Gasteiger partial charge in [-0.2, -0.15) is 0 Å². The number of halogens is 1. The second kappa shape index (κ2) is 3.26. The first-order chi connectivity index (χ1) is 7.78. The Bertz CT molecular complexity index is 737. The number of furan rings is 1. The first-order valence-corrected chi connectivity index (χ1v) is 5.15. The number of hydrogen-bond donors (Lipinski definition) is 0. The van der Waals surface area contributed by atoms with Crippen molar-refractivity contribution in [2.45, 2.75) is 0 Å². The lowest BCUT2D eigenvalue weighted by molar-refractivity contribution is 0.669. The first kappa shape index (κ1) is 9.26. The van der Waals surface area contributed by atoms with Crippen LogP contribution in [-0.4, -0.2) is 0 Å². The summed E-state index contributed by atoms with van der Waals surface area (Å²) in [6, 6.07) is 11.0. The molecule has 0 atom stereocenters. The van der Waals surface area contributed by atoms with E-state index in [4.69, 9.17) is 22.6 Å². The SMILES string of the molecule is [C-]#[N+]c1ccc2c(c1)oc1cc(Cl)ccc12. The molecule has 0 radical (unpaired) electrons. The highest BCUT2D eigenvalue weighted by atomic mass is 35.5. The van der Waals surface area contributed by atoms with Crippen molar-refractivity contribution in [3.63, 3.8) is 0 Å². The fourth-order valence-electron chi connectivity index (χ4n) is 1.81. The third-order valence-electron chi connectivity index (χ3n) is 2.55. The van der Waals surface area contributed by atoms with Crippen LogP contribution in [0.3, 0.4) is 0 Å². The summed E-state index contributed by atoms with van der Waals surface area (Å²) in [5, 5.41) is 2.69. The zero-order valence-electron chi connectivity index (χ0n) is 8.20. The van der Waals surface area contributed by atoms with Crippen LogP contribution < -0.4 is 0 Å². The van der Waals surface area contributed by atoms with E-state index in [1.54, 1.807) is 18.2 Å². The molecule has 3 rings (SSSR count). The molecule has 0 aliphatic rings. The minimum absolute atomic E-state index is 0.581. The van der Waals surface area contributed by atoms with Crippen molar-refractivity contribution in [2.24, 2.45) is 0 Å². The van der Waals surface area contributed by atoms with Crippen molar-refractivity contribution < 1.29 is 4.42 Å². The summed E-state index contributed by atoms with van der Waals surface area (Å²) in [7, 11) is 0. The van der Waals surface area contributed by atoms with Gasteiger partial charge in [0.2, 0.25) is 0 Å². The molecule has 16 heavy (non-hydrogen) atoms. The van der Waals surface area contributed by atoms with Crippen LogP contribution in [0.5, 0.6) is 0 Å². The van der Waals surface area contributed by atoms with Crippen LogP contribution in [0.1, 0.15) is 0 Å². The zero-order chi connectivity index (χ0) is 11.1. The van der Waals surface area contributed by atoms with E-state index in [-0.39, 0.29) is 0 Å². The molecule has 0 saturated heterocycles. The van der Waals surface area contributed by atoms with E-state index in [1.165, 1.54) is 0 Å². The van der Waals surface area contributed by atoms with Crippen LogP contribution in [0.2, 0.25) is 5.02 Å². The summed E-state index contributed by atoms with van der Waals surface area (Å²) >= 11 is 5.90. The van der Waals surface area contributed by atoms with Crippen LogP contribution in [-0.2, 0) is 0 Å². The molecule has 0 saturated carbocycles. The third-order valence-corrected chi connectivity index (χ3v) is 2.78. The molecule has 3 heteroatoms. The maximum atomic E-state index is 6.95. The van der Waals surface area contributed by atoms with Crippen molar-refractivity contribution in [3.05, 3.63) is 52.8 Å². The Hall–Kier alpha value is -1.98. The van der Waals surface area contributed by atoms with Gasteiger partial charge >= 0.3 is 0 Å². The van der Waals surface area contributed by atoms with Gasteiger partial charge in [-0.1, -0.05) is 23.7 Å². The Kier molecular flexibility index (Phi) is 1.89. The summed E-state index contributed by atoms with van der Waals surface area (Å²) in [6.07, 6.45) is 0. The third kappa shape index (κ3) is 1.26. The molecule has 2 aromatic carbocycles. The molecule has 0 N–H and O–H groups in total. The highest BCUT2D eigenvalue weighted by Gasteiger charge is 2.07. The number of rotatable bonds is 0. The Morgan fingerprint density at radius 2 is 1.69 bits per heavy atom. The van der Waals surface area contributed by atoms with Crippen LogP contribution in [0.25, 0.3) is 26.8 Å². The standard InChI is InChI=1S/C13H6ClNO/c1-15-9-3-5-11-10-4-2-8(14)6-12(10)16-13(11)7-9/h2-7H. The van der Waals surface area contributed by atoms with Gasteiger partial charge in [0.05, 0.1) is 6.57 Å². The quantitative estimate of drug-likeness (QED) is 0.505. The second-order valence-corrected chi connectivity index (χ2v) is 3.97. The number of fused-ring (bicyclic) bond motifs is 3. The molecule has 0 bridgehead atoms. The van der Waals surface area contributed by atoms with Gasteiger partial charge in [0.25, 0.3) is 0 Å². The Morgan fingerprint density at radius 1 is 1.00 bits per heavy atom. The fourth-order valence-corrected chi connectivity index (χ4v) is 1.97. The van der Waals surface area contributed by atoms with E-state index in [0.29, 0.717) is 10.7 Å². The normalized spacial score (nSPS) is 10.8. The van der Waals surface area contributed by atoms with E-state index in [9.17, 15) is 0 Å². The predicted molar refractivity (Wildman–Crippen MR) is 65.0 cm³/mol. The van der Waals surface area contributed by atoms with Gasteiger partial charge in [0, 0.05) is 21.9 Å². The van der Waals surface area contributed by atoms with Crippen molar-refractivity contribution in [1.29, 1.82) is 0 Å². The number of benzene rings is 2. The Morgan fingerprint density at radius 3 is 2.44 bits per heavy atom. The minimum Gasteiger partial charge on any atom is -0.457 e. The lowest BCUT2D eigenvalue weighted by Crippen LogP contribution is -1.66. The van der Waals surface area contributed by atoms with Gasteiger partial charge in [-0.3, -0.25) is 0 Å². The average molecular weight is 228 g/mol. The largest absolute Gasteiger partial charge is 0.457 e. The smallest absolute Gasteiger partial charge is 0.190 e. The predicted octanol–water partition coefficient (Wildman–Crippen LogP) is 4.79. The lowest BCUT2D eigenvalue weighted by Gasteiger charge is -1.90. The Labute approximate surface area is 96.9 Å². The fraction of sp³-hybridized carbons (Fsp3) is 0. The minimum atomic E-state index is 0.581. The zero-order valence-corrected chi connectivity index (χ0v) is 8.95. The van der Waals surface area contributed by atoms with Crippen molar-refractivity contribution >= 4 is 39.2 Å². The molecule has 1 heterocycles. The molecule has 3 aromatic rings. The molecular weight excluding hydrogens is 222 g/mol. The monoisotopic (exact) mass is 227 g/mol. The Balaban J connectivity index is 2.46. The molecule has 1 aromatic heterocycles. The molecule has 0 aliphatic carbocycles. The molecule has 0 spiro atoms. The summed E-state index contributed by atoms with van der Waals surface area (Å²) < 4.78 is 5.65. The summed E-state index contributed by atoms with van der Waals surface area (Å²) in [4.78, 5) is 3.37. The first-order valence-electron chi connectivity index (χ1n) is 4.77. The highest BCUT2D eigenvalue weighted by molar-refractivity contribution is 6.31. The van der Waals surface area contributed by atoms with Gasteiger partial charge in [-0.25, -0.2) is 4.85 Å². The van der Waals surface area contributed by atoms with Crippen LogP contribution in [0.4, 0.5) is 5.69 Å². The molecule has 0 amide bonds. The molecule has 76 valence electrons. The average Bonchev–Trinajstić information content (AvgIpc) is 2.64. The maximum absolute atomic E-state index is 6.95. The maximum Gasteiger partial charge on any atom is 0.190 e. The van der Waals surface area contributed by atoms with Gasteiger partial charge in [0.15, 0.2) is 5.69 Å². The number of nitrogens with zero attached hydrogens (tertiary/aromatic N) is 1. The summed E-state index contributed by atoms with van der Waals surface area (Å²) in [5.41, 5.74) is 2.06. The van der Waals surface area contributed by atoms with Crippen molar-refractivity contribution in [2.75, 3.05) is 0 Å². The van der Waals surface area contributed by atoms with E-state index in [0.717, 1.165) is 21.9 Å².